The average molecular weight is 593 g/mol. The second-order valence-electron chi connectivity index (χ2n) is 10.5. The minimum absolute atomic E-state index is 0.0614. The third-order valence-electron chi connectivity index (χ3n) is 7.37. The highest BCUT2D eigenvalue weighted by molar-refractivity contribution is 7.80. The van der Waals surface area contributed by atoms with Gasteiger partial charge in [0.2, 0.25) is 5.91 Å². The second kappa shape index (κ2) is 10.6. The molecule has 0 fully saturated rings. The maximum atomic E-state index is 13.4. The van der Waals surface area contributed by atoms with E-state index in [1.165, 1.54) is 0 Å². The predicted molar refractivity (Wildman–Crippen MR) is 147 cm³/mol. The van der Waals surface area contributed by atoms with E-state index in [0.717, 1.165) is 22.3 Å². The molecule has 2 atom stereocenters. The van der Waals surface area contributed by atoms with E-state index in [2.05, 4.69) is 16.0 Å². The Morgan fingerprint density at radius 2 is 1.17 bits per heavy atom. The molecule has 216 valence electrons. The molecule has 5 nitrogen and oxygen atoms in total. The summed E-state index contributed by atoms with van der Waals surface area (Å²) in [5.74, 6) is -0.797. The highest BCUT2D eigenvalue weighted by Gasteiger charge is 2.50. The van der Waals surface area contributed by atoms with Crippen molar-refractivity contribution in [1.82, 2.24) is 15.5 Å². The van der Waals surface area contributed by atoms with Gasteiger partial charge in [-0.2, -0.15) is 26.3 Å². The Labute approximate surface area is 237 Å². The van der Waals surface area contributed by atoms with Crippen LogP contribution in [0.2, 0.25) is 0 Å². The molecule has 3 aromatic carbocycles. The number of thiocarbonyl (C=S) groups is 1. The van der Waals surface area contributed by atoms with E-state index in [1.807, 2.05) is 48.5 Å². The van der Waals surface area contributed by atoms with Gasteiger partial charge in [0.25, 0.3) is 0 Å². The molecule has 6 rings (SSSR count). The zero-order valence-electron chi connectivity index (χ0n) is 21.9. The highest BCUT2D eigenvalue weighted by Crippen LogP contribution is 2.52. The minimum atomic E-state index is -5.00. The number of hydrogen-bond acceptors (Lipinski definition) is 3. The van der Waals surface area contributed by atoms with Crippen molar-refractivity contribution < 1.29 is 31.1 Å². The van der Waals surface area contributed by atoms with E-state index >= 15 is 0 Å². The lowest BCUT2D eigenvalue weighted by Gasteiger charge is -2.51. The normalized spacial score (nSPS) is 21.2. The first-order chi connectivity index (χ1) is 19.2. The van der Waals surface area contributed by atoms with Crippen LogP contribution in [0, 0.1) is 0 Å². The summed E-state index contributed by atoms with van der Waals surface area (Å²) in [6.07, 6.45) is -9.99. The van der Waals surface area contributed by atoms with Crippen LogP contribution in [0.15, 0.2) is 66.7 Å². The Morgan fingerprint density at radius 3 is 1.56 bits per heavy atom. The Kier molecular flexibility index (Phi) is 7.49. The summed E-state index contributed by atoms with van der Waals surface area (Å²) < 4.78 is 80.4. The molecule has 0 saturated carbocycles. The van der Waals surface area contributed by atoms with Crippen LogP contribution in [0.5, 0.6) is 0 Å². The van der Waals surface area contributed by atoms with Crippen molar-refractivity contribution in [3.63, 3.8) is 0 Å². The van der Waals surface area contributed by atoms with Crippen LogP contribution < -0.4 is 16.0 Å². The van der Waals surface area contributed by atoms with Crippen LogP contribution in [0.4, 0.5) is 32.0 Å². The number of carbonyl (C=O) groups is 1. The van der Waals surface area contributed by atoms with E-state index in [1.54, 1.807) is 19.0 Å². The maximum absolute atomic E-state index is 13.4. The first kappa shape index (κ1) is 28.9. The first-order valence-corrected chi connectivity index (χ1v) is 13.1. The molecule has 0 spiro atoms. The molecule has 3 aliphatic carbocycles. The molecule has 0 saturated heterocycles. The van der Waals surface area contributed by atoms with Crippen LogP contribution in [0.3, 0.4) is 0 Å². The minimum Gasteiger partial charge on any atom is -0.357 e. The van der Waals surface area contributed by atoms with Crippen LogP contribution in [0.1, 0.15) is 45.2 Å². The molecular formula is C29H26F6N4OS. The molecule has 0 radical (unpaired) electrons. The monoisotopic (exact) mass is 592 g/mol. The molecule has 3 N–H and O–H groups in total. The van der Waals surface area contributed by atoms with Crippen LogP contribution in [-0.4, -0.2) is 48.6 Å². The van der Waals surface area contributed by atoms with Gasteiger partial charge in [-0.05, 0) is 66.8 Å². The van der Waals surface area contributed by atoms with Gasteiger partial charge in [0, 0.05) is 17.5 Å². The number of benzene rings is 3. The Hall–Kier alpha value is -3.64. The predicted octanol–water partition coefficient (Wildman–Crippen LogP) is 5.72. The summed E-state index contributed by atoms with van der Waals surface area (Å²) in [4.78, 5) is 14.7. The zero-order chi connectivity index (χ0) is 29.7. The van der Waals surface area contributed by atoms with Crippen molar-refractivity contribution in [3.05, 3.63) is 100 Å². The lowest BCUT2D eigenvalue weighted by Crippen LogP contribution is -2.62. The fourth-order valence-corrected chi connectivity index (χ4v) is 6.14. The number of halogens is 6. The molecule has 41 heavy (non-hydrogen) atoms. The van der Waals surface area contributed by atoms with Crippen molar-refractivity contribution >= 4 is 28.9 Å². The molecule has 0 aliphatic heterocycles. The van der Waals surface area contributed by atoms with E-state index < -0.39 is 41.3 Å². The number of amides is 1. The SMILES string of the molecule is CN(C)CC(=O)N[C@@H]1C2c3ccccc3C(c3ccccc32)[C@@H]1NC(=S)Nc1cc(C(F)(F)F)cc(C(F)(F)F)c1. The van der Waals surface area contributed by atoms with Gasteiger partial charge >= 0.3 is 12.4 Å². The van der Waals surface area contributed by atoms with E-state index in [0.29, 0.717) is 12.1 Å². The topological polar surface area (TPSA) is 56.4 Å². The van der Waals surface area contributed by atoms with Crippen molar-refractivity contribution in [2.24, 2.45) is 0 Å². The van der Waals surface area contributed by atoms with Crippen LogP contribution in [-0.2, 0) is 17.1 Å². The first-order valence-electron chi connectivity index (χ1n) is 12.7. The van der Waals surface area contributed by atoms with Gasteiger partial charge in [0.05, 0.1) is 29.8 Å². The van der Waals surface area contributed by atoms with Gasteiger partial charge in [-0.25, -0.2) is 0 Å². The Morgan fingerprint density at radius 1 is 0.756 bits per heavy atom. The standard InChI is InChI=1S/C29H26F6N4OS/c1-39(2)14-22(40)37-25-23-18-7-3-5-9-20(18)24(21-10-6-4-8-19(21)23)26(25)38-27(41)36-17-12-15(28(30,31)32)11-16(13-17)29(33,34)35/h3-13,23-26H,14H2,1-2H3,(H,37,40)(H2,36,38,41)/t23?,24?,25-,26+/m1/s1. The summed E-state index contributed by atoms with van der Waals surface area (Å²) in [5, 5.41) is 8.61. The number of nitrogens with zero attached hydrogens (tertiary/aromatic N) is 1. The largest absolute Gasteiger partial charge is 0.416 e. The van der Waals surface area contributed by atoms with E-state index in [9.17, 15) is 31.1 Å². The molecule has 1 amide bonds. The second-order valence-corrected chi connectivity index (χ2v) is 10.9. The third-order valence-corrected chi connectivity index (χ3v) is 7.59. The maximum Gasteiger partial charge on any atom is 0.416 e. The molecular weight excluding hydrogens is 566 g/mol. The molecule has 0 heterocycles. The summed E-state index contributed by atoms with van der Waals surface area (Å²) in [6, 6.07) is 15.8. The van der Waals surface area contributed by atoms with Crippen molar-refractivity contribution in [1.29, 1.82) is 0 Å². The average Bonchev–Trinajstić information content (AvgIpc) is 2.88. The lowest BCUT2D eigenvalue weighted by atomic mass is 9.59. The summed E-state index contributed by atoms with van der Waals surface area (Å²) >= 11 is 5.43. The molecule has 0 aromatic heterocycles. The number of anilines is 1. The van der Waals surface area contributed by atoms with Gasteiger partial charge in [-0.15, -0.1) is 0 Å². The molecule has 3 aromatic rings. The number of fused-ring (bicyclic) bond motifs is 1. The number of rotatable bonds is 5. The highest BCUT2D eigenvalue weighted by atomic mass is 32.1. The van der Waals surface area contributed by atoms with Crippen molar-refractivity contribution in [3.8, 4) is 0 Å². The Bertz CT molecular complexity index is 1410. The van der Waals surface area contributed by atoms with Gasteiger partial charge < -0.3 is 20.9 Å². The molecule has 2 bridgehead atoms. The number of hydrogen-bond donors (Lipinski definition) is 3. The summed E-state index contributed by atoms with van der Waals surface area (Å²) in [7, 11) is 3.52. The third kappa shape index (κ3) is 5.76. The number of alkyl halides is 6. The van der Waals surface area contributed by atoms with Crippen molar-refractivity contribution in [2.75, 3.05) is 26.0 Å². The molecule has 3 aliphatic rings. The summed E-state index contributed by atoms with van der Waals surface area (Å²) in [5.41, 5.74) is 0.727. The zero-order valence-corrected chi connectivity index (χ0v) is 22.7. The molecule has 0 unspecified atom stereocenters. The van der Waals surface area contributed by atoms with Gasteiger partial charge in [0.15, 0.2) is 5.11 Å². The van der Waals surface area contributed by atoms with Gasteiger partial charge in [-0.3, -0.25) is 4.79 Å². The van der Waals surface area contributed by atoms with Crippen LogP contribution in [0.25, 0.3) is 0 Å². The smallest absolute Gasteiger partial charge is 0.357 e. The fraction of sp³-hybridized carbons (Fsp3) is 0.310. The van der Waals surface area contributed by atoms with E-state index in [-0.39, 0.29) is 35.5 Å². The number of likely N-dealkylation sites (N-methyl/N-ethyl adjacent to an activating group) is 1. The quantitative estimate of drug-likeness (QED) is 0.262. The van der Waals surface area contributed by atoms with E-state index in [4.69, 9.17) is 12.2 Å². The van der Waals surface area contributed by atoms with Crippen molar-refractivity contribution in [2.45, 2.75) is 36.3 Å². The lowest BCUT2D eigenvalue weighted by molar-refractivity contribution is -0.143. The summed E-state index contributed by atoms with van der Waals surface area (Å²) in [6.45, 7) is 0.122. The van der Waals surface area contributed by atoms with Crippen LogP contribution >= 0.6 is 12.2 Å². The fourth-order valence-electron chi connectivity index (χ4n) is 5.89. The Balaban J connectivity index is 1.51. The number of carbonyl (C=O) groups excluding carboxylic acids is 1. The van der Waals surface area contributed by atoms with Gasteiger partial charge in [-0.1, -0.05) is 48.5 Å². The van der Waals surface area contributed by atoms with Gasteiger partial charge in [0.1, 0.15) is 0 Å². The number of nitrogens with one attached hydrogen (secondary N) is 3. The molecule has 12 heteroatoms.